The van der Waals surface area contributed by atoms with E-state index in [1.165, 1.54) is 18.2 Å². The third-order valence-corrected chi connectivity index (χ3v) is 6.65. The first-order chi connectivity index (χ1) is 14.9. The number of hydrogen-bond donors (Lipinski definition) is 2. The normalized spacial score (nSPS) is 13.8. The second-order valence-corrected chi connectivity index (χ2v) is 9.26. The Balaban J connectivity index is 1.48. The maximum atomic E-state index is 12.7. The van der Waals surface area contributed by atoms with Crippen LogP contribution in [0.15, 0.2) is 71.8 Å². The van der Waals surface area contributed by atoms with Gasteiger partial charge in [-0.15, -0.1) is 0 Å². The van der Waals surface area contributed by atoms with E-state index in [0.29, 0.717) is 5.69 Å². The van der Waals surface area contributed by atoms with Gasteiger partial charge >= 0.3 is 0 Å². The Kier molecular flexibility index (Phi) is 6.11. The largest absolute Gasteiger partial charge is 0.357 e. The predicted molar refractivity (Wildman–Crippen MR) is 122 cm³/mol. The lowest BCUT2D eigenvalue weighted by atomic mass is 10.2. The predicted octanol–water partition coefficient (Wildman–Crippen LogP) is 4.39. The van der Waals surface area contributed by atoms with Gasteiger partial charge in [-0.3, -0.25) is 9.52 Å². The zero-order chi connectivity index (χ0) is 21.8. The minimum Gasteiger partial charge on any atom is -0.357 e. The number of halogens is 1. The Bertz CT molecular complexity index is 1190. The van der Waals surface area contributed by atoms with Gasteiger partial charge in [0.15, 0.2) is 0 Å². The van der Waals surface area contributed by atoms with Crippen LogP contribution in [0.5, 0.6) is 0 Å². The van der Waals surface area contributed by atoms with Crippen molar-refractivity contribution in [2.75, 3.05) is 28.0 Å². The van der Waals surface area contributed by atoms with E-state index in [1.54, 1.807) is 42.6 Å². The number of nitrogens with one attached hydrogen (secondary N) is 2. The van der Waals surface area contributed by atoms with Gasteiger partial charge in [0.2, 0.25) is 0 Å². The molecule has 1 fully saturated rings. The van der Waals surface area contributed by atoms with Gasteiger partial charge in [-0.05, 0) is 55.3 Å². The van der Waals surface area contributed by atoms with Gasteiger partial charge in [-0.2, -0.15) is 0 Å². The van der Waals surface area contributed by atoms with Gasteiger partial charge in [0, 0.05) is 18.7 Å². The number of aromatic nitrogens is 1. The van der Waals surface area contributed by atoms with E-state index in [1.807, 2.05) is 6.07 Å². The van der Waals surface area contributed by atoms with E-state index in [9.17, 15) is 13.2 Å². The molecular weight excluding hydrogens is 436 g/mol. The molecule has 0 aliphatic carbocycles. The van der Waals surface area contributed by atoms with Gasteiger partial charge in [-0.1, -0.05) is 29.8 Å². The Morgan fingerprint density at radius 2 is 1.77 bits per heavy atom. The number of pyridine rings is 1. The lowest BCUT2D eigenvalue weighted by molar-refractivity contribution is 0.102. The summed E-state index contributed by atoms with van der Waals surface area (Å²) in [5, 5.41) is 3.04. The van der Waals surface area contributed by atoms with E-state index in [0.717, 1.165) is 31.7 Å². The van der Waals surface area contributed by atoms with Crippen molar-refractivity contribution in [3.8, 4) is 0 Å². The van der Waals surface area contributed by atoms with Crippen molar-refractivity contribution in [3.05, 3.63) is 77.4 Å². The number of para-hydroxylation sites is 1. The molecule has 3 aromatic rings. The lowest BCUT2D eigenvalue weighted by Gasteiger charge is -2.16. The molecule has 1 aromatic heterocycles. The molecule has 4 rings (SSSR count). The summed E-state index contributed by atoms with van der Waals surface area (Å²) < 4.78 is 27.9. The Hall–Kier alpha value is -3.10. The molecule has 0 spiro atoms. The minimum atomic E-state index is -3.91. The van der Waals surface area contributed by atoms with E-state index >= 15 is 0 Å². The summed E-state index contributed by atoms with van der Waals surface area (Å²) in [6, 6.07) is 16.0. The fourth-order valence-corrected chi connectivity index (χ4v) is 4.71. The van der Waals surface area contributed by atoms with Crippen molar-refractivity contribution in [1.29, 1.82) is 0 Å². The molecule has 9 heteroatoms. The highest BCUT2D eigenvalue weighted by atomic mass is 35.5. The van der Waals surface area contributed by atoms with Crippen LogP contribution in [0.4, 0.5) is 17.2 Å². The zero-order valence-electron chi connectivity index (χ0n) is 16.6. The average molecular weight is 457 g/mol. The van der Waals surface area contributed by atoms with Gasteiger partial charge in [-0.25, -0.2) is 13.4 Å². The fourth-order valence-electron chi connectivity index (χ4n) is 3.35. The van der Waals surface area contributed by atoms with Crippen LogP contribution in [0.3, 0.4) is 0 Å². The number of carbonyl (C=O) groups excluding carboxylic acids is 1. The summed E-state index contributed by atoms with van der Waals surface area (Å²) >= 11 is 6.04. The van der Waals surface area contributed by atoms with Crippen molar-refractivity contribution in [3.63, 3.8) is 0 Å². The number of benzene rings is 2. The number of sulfonamides is 1. The molecule has 1 aliphatic rings. The Morgan fingerprint density at radius 1 is 1.00 bits per heavy atom. The van der Waals surface area contributed by atoms with Crippen LogP contribution in [0.2, 0.25) is 5.02 Å². The quantitative estimate of drug-likeness (QED) is 0.574. The number of rotatable bonds is 6. The lowest BCUT2D eigenvalue weighted by Crippen LogP contribution is -2.19. The molecule has 7 nitrogen and oxygen atoms in total. The van der Waals surface area contributed by atoms with Gasteiger partial charge in [0.05, 0.1) is 27.5 Å². The van der Waals surface area contributed by atoms with Crippen LogP contribution in [-0.2, 0) is 10.0 Å². The zero-order valence-corrected chi connectivity index (χ0v) is 18.2. The Morgan fingerprint density at radius 3 is 2.48 bits per heavy atom. The summed E-state index contributed by atoms with van der Waals surface area (Å²) in [4.78, 5) is 19.2. The SMILES string of the molecule is O=C(Nc1ccc(N2CCCC2)nc1)c1cccc(S(=O)(=O)Nc2ccccc2Cl)c1. The molecule has 31 heavy (non-hydrogen) atoms. The summed E-state index contributed by atoms with van der Waals surface area (Å²) in [5.41, 5.74) is 1.02. The molecule has 0 radical (unpaired) electrons. The van der Waals surface area contributed by atoms with E-state index in [2.05, 4.69) is 19.9 Å². The number of amides is 1. The number of nitrogens with zero attached hydrogens (tertiary/aromatic N) is 2. The maximum absolute atomic E-state index is 12.7. The molecule has 0 bridgehead atoms. The second-order valence-electron chi connectivity index (χ2n) is 7.17. The standard InChI is InChI=1S/C22H21ClN4O3S/c23-19-8-1-2-9-20(19)26-31(29,30)18-7-5-6-16(14-18)22(28)25-17-10-11-21(24-15-17)27-12-3-4-13-27/h1-2,5-11,14-15,26H,3-4,12-13H2,(H,25,28). The fraction of sp³-hybridized carbons (Fsp3) is 0.182. The highest BCUT2D eigenvalue weighted by molar-refractivity contribution is 7.92. The maximum Gasteiger partial charge on any atom is 0.261 e. The highest BCUT2D eigenvalue weighted by Gasteiger charge is 2.18. The molecule has 1 saturated heterocycles. The smallest absolute Gasteiger partial charge is 0.261 e. The topological polar surface area (TPSA) is 91.4 Å². The summed E-state index contributed by atoms with van der Waals surface area (Å²) in [7, 11) is -3.91. The first-order valence-corrected chi connectivity index (χ1v) is 11.7. The van der Waals surface area contributed by atoms with Crippen LogP contribution < -0.4 is 14.9 Å². The van der Waals surface area contributed by atoms with Crippen molar-refractivity contribution in [2.24, 2.45) is 0 Å². The van der Waals surface area contributed by atoms with Gasteiger partial charge in [0.25, 0.3) is 15.9 Å². The van der Waals surface area contributed by atoms with Crippen molar-refractivity contribution in [1.82, 2.24) is 4.98 Å². The third kappa shape index (κ3) is 4.98. The molecule has 2 aromatic carbocycles. The average Bonchev–Trinajstić information content (AvgIpc) is 3.31. The molecule has 2 N–H and O–H groups in total. The van der Waals surface area contributed by atoms with Crippen molar-refractivity contribution >= 4 is 44.7 Å². The summed E-state index contributed by atoms with van der Waals surface area (Å²) in [6.07, 6.45) is 3.92. The molecule has 2 heterocycles. The van der Waals surface area contributed by atoms with Crippen LogP contribution in [0, 0.1) is 0 Å². The molecule has 1 amide bonds. The third-order valence-electron chi connectivity index (χ3n) is 4.96. The highest BCUT2D eigenvalue weighted by Crippen LogP contribution is 2.25. The van der Waals surface area contributed by atoms with Gasteiger partial charge in [0.1, 0.15) is 5.82 Å². The molecule has 160 valence electrons. The van der Waals surface area contributed by atoms with Crippen LogP contribution in [0.1, 0.15) is 23.2 Å². The van der Waals surface area contributed by atoms with Crippen molar-refractivity contribution in [2.45, 2.75) is 17.7 Å². The van der Waals surface area contributed by atoms with E-state index in [4.69, 9.17) is 11.6 Å². The summed E-state index contributed by atoms with van der Waals surface area (Å²) in [5.74, 6) is 0.458. The number of carbonyl (C=O) groups is 1. The number of anilines is 3. The molecule has 0 atom stereocenters. The summed E-state index contributed by atoms with van der Waals surface area (Å²) in [6.45, 7) is 1.98. The molecule has 0 saturated carbocycles. The molecule has 0 unspecified atom stereocenters. The molecule has 1 aliphatic heterocycles. The van der Waals surface area contributed by atoms with Gasteiger partial charge < -0.3 is 10.2 Å². The van der Waals surface area contributed by atoms with Crippen LogP contribution in [0.25, 0.3) is 0 Å². The Labute approximate surface area is 186 Å². The number of hydrogen-bond acceptors (Lipinski definition) is 5. The first kappa shape index (κ1) is 21.1. The second kappa shape index (κ2) is 8.95. The van der Waals surface area contributed by atoms with Crippen LogP contribution >= 0.6 is 11.6 Å². The van der Waals surface area contributed by atoms with Crippen LogP contribution in [-0.4, -0.2) is 32.4 Å². The van der Waals surface area contributed by atoms with Crippen molar-refractivity contribution < 1.29 is 13.2 Å². The molecular formula is C22H21ClN4O3S. The van der Waals surface area contributed by atoms with E-state index in [-0.39, 0.29) is 21.2 Å². The minimum absolute atomic E-state index is 0.0393. The first-order valence-electron chi connectivity index (χ1n) is 9.82. The van der Waals surface area contributed by atoms with E-state index < -0.39 is 15.9 Å². The monoisotopic (exact) mass is 456 g/mol.